The minimum Gasteiger partial charge on any atom is -0.469 e. The third-order valence-electron chi connectivity index (χ3n) is 2.66. The van der Waals surface area contributed by atoms with E-state index in [9.17, 15) is 9.59 Å². The van der Waals surface area contributed by atoms with E-state index in [4.69, 9.17) is 4.74 Å². The first-order valence-corrected chi connectivity index (χ1v) is 9.15. The molecule has 21 heavy (non-hydrogen) atoms. The van der Waals surface area contributed by atoms with Gasteiger partial charge in [0.15, 0.2) is 0 Å². The third-order valence-corrected chi connectivity index (χ3v) is 6.90. The summed E-state index contributed by atoms with van der Waals surface area (Å²) in [5.41, 5.74) is 0. The highest BCUT2D eigenvalue weighted by Gasteiger charge is 2.21. The first-order chi connectivity index (χ1) is 10.0. The maximum absolute atomic E-state index is 12.3. The predicted molar refractivity (Wildman–Crippen MR) is 90.9 cm³/mol. The molecule has 1 unspecified atom stereocenters. The summed E-state index contributed by atoms with van der Waals surface area (Å²) in [6.45, 7) is 0. The summed E-state index contributed by atoms with van der Waals surface area (Å²) in [5.74, 6) is -0.573. The van der Waals surface area contributed by atoms with Gasteiger partial charge in [0.2, 0.25) is 0 Å². The number of halogens is 2. The number of methoxy groups -OCH3 is 1. The van der Waals surface area contributed by atoms with Crippen LogP contribution in [-0.4, -0.2) is 19.0 Å². The normalized spacial score (nSPS) is 12.0. The lowest BCUT2D eigenvalue weighted by molar-refractivity contribution is -0.141. The van der Waals surface area contributed by atoms with Crippen molar-refractivity contribution in [1.82, 2.24) is 5.32 Å². The summed E-state index contributed by atoms with van der Waals surface area (Å²) in [5, 5.41) is 4.79. The van der Waals surface area contributed by atoms with Gasteiger partial charge in [-0.2, -0.15) is 0 Å². The lowest BCUT2D eigenvalue weighted by atomic mass is 10.1. The number of hydrogen-bond acceptors (Lipinski definition) is 5. The van der Waals surface area contributed by atoms with Crippen molar-refractivity contribution in [2.45, 2.75) is 12.5 Å². The molecule has 0 fully saturated rings. The maximum Gasteiger partial charge on any atom is 0.307 e. The Labute approximate surface area is 146 Å². The van der Waals surface area contributed by atoms with Crippen LogP contribution in [0.1, 0.15) is 27.0 Å². The average molecular weight is 453 g/mol. The topological polar surface area (TPSA) is 55.4 Å². The van der Waals surface area contributed by atoms with Gasteiger partial charge in [-0.3, -0.25) is 9.59 Å². The van der Waals surface area contributed by atoms with Crippen molar-refractivity contribution in [3.63, 3.8) is 0 Å². The number of rotatable bonds is 5. The molecular weight excluding hydrogens is 442 g/mol. The molecule has 0 bridgehead atoms. The molecule has 8 heteroatoms. The second kappa shape index (κ2) is 7.53. The van der Waals surface area contributed by atoms with E-state index in [1.807, 2.05) is 17.5 Å². The molecule has 2 aromatic rings. The van der Waals surface area contributed by atoms with E-state index in [1.165, 1.54) is 29.8 Å². The van der Waals surface area contributed by atoms with Gasteiger partial charge in [0.25, 0.3) is 5.91 Å². The Morgan fingerprint density at radius 2 is 2.19 bits per heavy atom. The molecule has 0 saturated heterocycles. The molecule has 2 heterocycles. The fourth-order valence-corrected chi connectivity index (χ4v) is 4.37. The maximum atomic E-state index is 12.3. The standard InChI is InChI=1S/C13H11Br2NO3S2/c1-19-11(17)6-8(9-3-2-4-20-9)16-13(18)10-5-7(14)12(15)21-10/h2-5,8H,6H2,1H3,(H,16,18). The van der Waals surface area contributed by atoms with E-state index in [-0.39, 0.29) is 24.3 Å². The zero-order valence-corrected chi connectivity index (χ0v) is 15.7. The van der Waals surface area contributed by atoms with E-state index in [1.54, 1.807) is 6.07 Å². The second-order valence-corrected chi connectivity index (χ2v) is 8.26. The number of carbonyl (C=O) groups excluding carboxylic acids is 2. The number of nitrogens with one attached hydrogen (secondary N) is 1. The van der Waals surface area contributed by atoms with Crippen LogP contribution < -0.4 is 5.32 Å². The van der Waals surface area contributed by atoms with Gasteiger partial charge >= 0.3 is 5.97 Å². The summed E-state index contributed by atoms with van der Waals surface area (Å²) < 4.78 is 6.38. The molecular formula is C13H11Br2NO3S2. The van der Waals surface area contributed by atoms with Gasteiger partial charge in [0.1, 0.15) is 0 Å². The van der Waals surface area contributed by atoms with Crippen LogP contribution in [0.4, 0.5) is 0 Å². The smallest absolute Gasteiger partial charge is 0.307 e. The third kappa shape index (κ3) is 4.38. The quantitative estimate of drug-likeness (QED) is 0.685. The molecule has 2 rings (SSSR count). The van der Waals surface area contributed by atoms with Gasteiger partial charge in [0, 0.05) is 9.35 Å². The Hall–Kier alpha value is -0.700. The molecule has 0 aliphatic rings. The molecule has 1 N–H and O–H groups in total. The van der Waals surface area contributed by atoms with E-state index < -0.39 is 0 Å². The van der Waals surface area contributed by atoms with Crippen LogP contribution in [0.3, 0.4) is 0 Å². The van der Waals surface area contributed by atoms with Crippen LogP contribution in [0.5, 0.6) is 0 Å². The van der Waals surface area contributed by atoms with Gasteiger partial charge in [-0.05, 0) is 49.4 Å². The second-order valence-electron chi connectivity index (χ2n) is 4.05. The number of thiophene rings is 2. The van der Waals surface area contributed by atoms with Gasteiger partial charge in [-0.15, -0.1) is 22.7 Å². The van der Waals surface area contributed by atoms with E-state index >= 15 is 0 Å². The van der Waals surface area contributed by atoms with Crippen LogP contribution >= 0.6 is 54.5 Å². The molecule has 0 spiro atoms. The minimum absolute atomic E-state index is 0.108. The van der Waals surface area contributed by atoms with Crippen molar-refractivity contribution in [2.24, 2.45) is 0 Å². The molecule has 0 aliphatic heterocycles. The van der Waals surface area contributed by atoms with Crippen molar-refractivity contribution in [3.05, 3.63) is 41.6 Å². The zero-order chi connectivity index (χ0) is 15.4. The van der Waals surface area contributed by atoms with Crippen LogP contribution in [0.25, 0.3) is 0 Å². The number of amides is 1. The molecule has 4 nitrogen and oxygen atoms in total. The van der Waals surface area contributed by atoms with Gasteiger partial charge < -0.3 is 10.1 Å². The molecule has 112 valence electrons. The number of carbonyl (C=O) groups is 2. The summed E-state index contributed by atoms with van der Waals surface area (Å²) in [6, 6.07) is 5.13. The SMILES string of the molecule is COC(=O)CC(NC(=O)c1cc(Br)c(Br)s1)c1cccs1. The van der Waals surface area contributed by atoms with Crippen molar-refractivity contribution in [2.75, 3.05) is 7.11 Å². The van der Waals surface area contributed by atoms with Gasteiger partial charge in [-0.1, -0.05) is 6.07 Å². The summed E-state index contributed by atoms with van der Waals surface area (Å²) >= 11 is 9.54. The predicted octanol–water partition coefficient (Wildman–Crippen LogP) is 4.37. The van der Waals surface area contributed by atoms with Crippen molar-refractivity contribution < 1.29 is 14.3 Å². The molecule has 0 radical (unpaired) electrons. The van der Waals surface area contributed by atoms with E-state index in [0.29, 0.717) is 4.88 Å². The largest absolute Gasteiger partial charge is 0.469 e. The molecule has 1 atom stereocenters. The molecule has 1 amide bonds. The van der Waals surface area contributed by atoms with E-state index in [2.05, 4.69) is 37.2 Å². The summed E-state index contributed by atoms with van der Waals surface area (Å²) in [4.78, 5) is 25.3. The number of esters is 1. The number of ether oxygens (including phenoxy) is 1. The lowest BCUT2D eigenvalue weighted by Crippen LogP contribution is -2.29. The first-order valence-electron chi connectivity index (χ1n) is 5.87. The Morgan fingerprint density at radius 1 is 1.43 bits per heavy atom. The van der Waals surface area contributed by atoms with Crippen LogP contribution in [0, 0.1) is 0 Å². The highest BCUT2D eigenvalue weighted by Crippen LogP contribution is 2.33. The lowest BCUT2D eigenvalue weighted by Gasteiger charge is -2.15. The molecule has 0 saturated carbocycles. The minimum atomic E-state index is -0.385. The molecule has 0 aliphatic carbocycles. The highest BCUT2D eigenvalue weighted by atomic mass is 79.9. The highest BCUT2D eigenvalue weighted by molar-refractivity contribution is 9.13. The Morgan fingerprint density at radius 3 is 2.71 bits per heavy atom. The Bertz CT molecular complexity index is 620. The average Bonchev–Trinajstić information content (AvgIpc) is 3.09. The fourth-order valence-electron chi connectivity index (χ4n) is 1.65. The molecule has 0 aromatic carbocycles. The van der Waals surface area contributed by atoms with Crippen molar-refractivity contribution in [3.8, 4) is 0 Å². The van der Waals surface area contributed by atoms with Crippen LogP contribution in [0.15, 0.2) is 31.8 Å². The fraction of sp³-hybridized carbons (Fsp3) is 0.231. The monoisotopic (exact) mass is 451 g/mol. The van der Waals surface area contributed by atoms with Crippen LogP contribution in [-0.2, 0) is 9.53 Å². The summed E-state index contributed by atoms with van der Waals surface area (Å²) in [7, 11) is 1.34. The van der Waals surface area contributed by atoms with E-state index in [0.717, 1.165) is 13.1 Å². The van der Waals surface area contributed by atoms with Crippen LogP contribution in [0.2, 0.25) is 0 Å². The van der Waals surface area contributed by atoms with Gasteiger partial charge in [0.05, 0.1) is 28.2 Å². The summed E-state index contributed by atoms with van der Waals surface area (Å²) in [6.07, 6.45) is 0.108. The Kier molecular flexibility index (Phi) is 5.98. The zero-order valence-electron chi connectivity index (χ0n) is 10.9. The van der Waals surface area contributed by atoms with Crippen molar-refractivity contribution in [1.29, 1.82) is 0 Å². The number of hydrogen-bond donors (Lipinski definition) is 1. The Balaban J connectivity index is 2.14. The first kappa shape index (κ1) is 16.7. The van der Waals surface area contributed by atoms with Crippen molar-refractivity contribution >= 4 is 66.4 Å². The molecule has 2 aromatic heterocycles. The van der Waals surface area contributed by atoms with Gasteiger partial charge in [-0.25, -0.2) is 0 Å².